The van der Waals surface area contributed by atoms with Crippen LogP contribution in [0.5, 0.6) is 0 Å². The van der Waals surface area contributed by atoms with E-state index in [4.69, 9.17) is 4.74 Å². The highest BCUT2D eigenvalue weighted by molar-refractivity contribution is 6.07. The lowest BCUT2D eigenvalue weighted by Crippen LogP contribution is -2.16. The van der Waals surface area contributed by atoms with E-state index in [2.05, 4.69) is 15.6 Å². The summed E-state index contributed by atoms with van der Waals surface area (Å²) in [4.78, 5) is 39.6. The summed E-state index contributed by atoms with van der Waals surface area (Å²) in [5, 5.41) is 5.65. The second-order valence-corrected chi connectivity index (χ2v) is 6.64. The van der Waals surface area contributed by atoms with Gasteiger partial charge in [-0.1, -0.05) is 6.07 Å². The molecule has 0 bridgehead atoms. The van der Waals surface area contributed by atoms with Gasteiger partial charge in [0, 0.05) is 23.0 Å². The Labute approximate surface area is 157 Å². The lowest BCUT2D eigenvalue weighted by Gasteiger charge is -2.09. The van der Waals surface area contributed by atoms with E-state index >= 15 is 0 Å². The van der Waals surface area contributed by atoms with Crippen LogP contribution in [0.4, 0.5) is 11.4 Å². The van der Waals surface area contributed by atoms with Crippen molar-refractivity contribution in [2.24, 2.45) is 5.92 Å². The van der Waals surface area contributed by atoms with Crippen molar-refractivity contribution in [2.75, 3.05) is 17.2 Å². The molecule has 2 aromatic rings. The molecule has 7 nitrogen and oxygen atoms in total. The predicted octanol–water partition coefficient (Wildman–Crippen LogP) is 3.41. The molecular weight excluding hydrogens is 346 g/mol. The molecule has 1 aromatic heterocycles. The predicted molar refractivity (Wildman–Crippen MR) is 102 cm³/mol. The Morgan fingerprint density at radius 1 is 1.15 bits per heavy atom. The highest BCUT2D eigenvalue weighted by Crippen LogP contribution is 2.30. The van der Waals surface area contributed by atoms with Gasteiger partial charge < -0.3 is 20.4 Å². The summed E-state index contributed by atoms with van der Waals surface area (Å²) in [5.41, 5.74) is 3.01. The van der Waals surface area contributed by atoms with Gasteiger partial charge in [0.05, 0.1) is 12.2 Å². The highest BCUT2D eigenvalue weighted by atomic mass is 16.5. The number of benzene rings is 1. The van der Waals surface area contributed by atoms with Gasteiger partial charge in [-0.05, 0) is 57.4 Å². The Kier molecular flexibility index (Phi) is 5.30. The number of anilines is 2. The normalized spacial score (nSPS) is 13.1. The molecule has 0 unspecified atom stereocenters. The Morgan fingerprint density at radius 3 is 2.44 bits per heavy atom. The number of amides is 2. The molecule has 7 heteroatoms. The quantitative estimate of drug-likeness (QED) is 0.679. The molecular formula is C20H23N3O4. The van der Waals surface area contributed by atoms with Crippen LogP contribution in [0.15, 0.2) is 24.3 Å². The van der Waals surface area contributed by atoms with Crippen LogP contribution >= 0.6 is 0 Å². The first-order chi connectivity index (χ1) is 12.9. The number of aromatic amines is 1. The van der Waals surface area contributed by atoms with E-state index in [0.717, 1.165) is 12.8 Å². The first kappa shape index (κ1) is 18.7. The van der Waals surface area contributed by atoms with Crippen LogP contribution in [0, 0.1) is 19.8 Å². The van der Waals surface area contributed by atoms with Crippen LogP contribution < -0.4 is 10.6 Å². The Hall–Kier alpha value is -3.09. The molecule has 1 aliphatic rings. The maximum Gasteiger partial charge on any atom is 0.340 e. The Bertz CT molecular complexity index is 897. The van der Waals surface area contributed by atoms with Crippen molar-refractivity contribution in [2.45, 2.75) is 33.6 Å². The number of hydrogen-bond acceptors (Lipinski definition) is 4. The molecule has 0 spiro atoms. The SMILES string of the molecule is CCOC(=O)c1c(C)[nH]c(C(=O)Nc2cccc(NC(=O)C3CC3)c2)c1C. The van der Waals surface area contributed by atoms with Crippen molar-refractivity contribution < 1.29 is 19.1 Å². The van der Waals surface area contributed by atoms with Gasteiger partial charge in [0.15, 0.2) is 0 Å². The number of rotatable bonds is 6. The first-order valence-corrected chi connectivity index (χ1v) is 8.99. The number of carbonyl (C=O) groups is 3. The minimum Gasteiger partial charge on any atom is -0.462 e. The molecule has 142 valence electrons. The maximum atomic E-state index is 12.7. The lowest BCUT2D eigenvalue weighted by molar-refractivity contribution is -0.117. The van der Waals surface area contributed by atoms with Gasteiger partial charge in [0.1, 0.15) is 5.69 Å². The van der Waals surface area contributed by atoms with Crippen molar-refractivity contribution in [3.8, 4) is 0 Å². The monoisotopic (exact) mass is 369 g/mol. The summed E-state index contributed by atoms with van der Waals surface area (Å²) < 4.78 is 5.05. The van der Waals surface area contributed by atoms with E-state index < -0.39 is 5.97 Å². The van der Waals surface area contributed by atoms with Gasteiger partial charge in [-0.15, -0.1) is 0 Å². The van der Waals surface area contributed by atoms with E-state index in [9.17, 15) is 14.4 Å². The van der Waals surface area contributed by atoms with Crippen LogP contribution in [-0.2, 0) is 9.53 Å². The number of aryl methyl sites for hydroxylation is 1. The minimum absolute atomic E-state index is 0.00777. The molecule has 1 saturated carbocycles. The van der Waals surface area contributed by atoms with Crippen LogP contribution in [0.1, 0.15) is 51.9 Å². The summed E-state index contributed by atoms with van der Waals surface area (Å²) in [5.74, 6) is -0.702. The fraction of sp³-hybridized carbons (Fsp3) is 0.350. The molecule has 1 aromatic carbocycles. The van der Waals surface area contributed by atoms with Crippen molar-refractivity contribution in [3.63, 3.8) is 0 Å². The molecule has 1 heterocycles. The van der Waals surface area contributed by atoms with Crippen molar-refractivity contribution >= 4 is 29.2 Å². The zero-order valence-corrected chi connectivity index (χ0v) is 15.6. The molecule has 1 aliphatic carbocycles. The van der Waals surface area contributed by atoms with E-state index in [0.29, 0.717) is 33.9 Å². The zero-order chi connectivity index (χ0) is 19.6. The van der Waals surface area contributed by atoms with Gasteiger partial charge in [-0.2, -0.15) is 0 Å². The number of aromatic nitrogens is 1. The molecule has 0 atom stereocenters. The van der Waals surface area contributed by atoms with Gasteiger partial charge >= 0.3 is 5.97 Å². The number of esters is 1. The number of hydrogen-bond donors (Lipinski definition) is 3. The van der Waals surface area contributed by atoms with Crippen LogP contribution in [-0.4, -0.2) is 29.4 Å². The van der Waals surface area contributed by atoms with E-state index in [1.54, 1.807) is 45.0 Å². The fourth-order valence-corrected chi connectivity index (χ4v) is 2.94. The van der Waals surface area contributed by atoms with Gasteiger partial charge in [0.25, 0.3) is 5.91 Å². The topological polar surface area (TPSA) is 100 Å². The fourth-order valence-electron chi connectivity index (χ4n) is 2.94. The molecule has 2 amide bonds. The van der Waals surface area contributed by atoms with Crippen molar-refractivity contribution in [1.82, 2.24) is 4.98 Å². The zero-order valence-electron chi connectivity index (χ0n) is 15.6. The average Bonchev–Trinajstić information content (AvgIpc) is 3.41. The third kappa shape index (κ3) is 4.19. The number of nitrogens with one attached hydrogen (secondary N) is 3. The number of ether oxygens (including phenoxy) is 1. The van der Waals surface area contributed by atoms with Gasteiger partial charge in [-0.25, -0.2) is 4.79 Å². The van der Waals surface area contributed by atoms with Gasteiger partial charge in [0.2, 0.25) is 5.91 Å². The summed E-state index contributed by atoms with van der Waals surface area (Å²) in [6, 6.07) is 6.98. The molecule has 3 N–H and O–H groups in total. The summed E-state index contributed by atoms with van der Waals surface area (Å²) in [6.07, 6.45) is 1.85. The van der Waals surface area contributed by atoms with Crippen molar-refractivity contribution in [1.29, 1.82) is 0 Å². The third-order valence-corrected chi connectivity index (χ3v) is 4.48. The van der Waals surface area contributed by atoms with Crippen LogP contribution in [0.2, 0.25) is 0 Å². The third-order valence-electron chi connectivity index (χ3n) is 4.48. The summed E-state index contributed by atoms with van der Waals surface area (Å²) >= 11 is 0. The summed E-state index contributed by atoms with van der Waals surface area (Å²) in [7, 11) is 0. The molecule has 27 heavy (non-hydrogen) atoms. The summed E-state index contributed by atoms with van der Waals surface area (Å²) in [6.45, 7) is 5.43. The molecule has 3 rings (SSSR count). The number of carbonyl (C=O) groups excluding carboxylic acids is 3. The molecule has 1 fully saturated rings. The van der Waals surface area contributed by atoms with Gasteiger partial charge in [-0.3, -0.25) is 9.59 Å². The second-order valence-electron chi connectivity index (χ2n) is 6.64. The van der Waals surface area contributed by atoms with Crippen LogP contribution in [0.3, 0.4) is 0 Å². The Morgan fingerprint density at radius 2 is 1.81 bits per heavy atom. The number of H-pyrrole nitrogens is 1. The van der Waals surface area contributed by atoms with Crippen LogP contribution in [0.25, 0.3) is 0 Å². The van der Waals surface area contributed by atoms with E-state index in [1.165, 1.54) is 0 Å². The highest BCUT2D eigenvalue weighted by Gasteiger charge is 2.29. The molecule has 0 saturated heterocycles. The lowest BCUT2D eigenvalue weighted by atomic mass is 10.1. The Balaban J connectivity index is 1.74. The first-order valence-electron chi connectivity index (χ1n) is 8.99. The average molecular weight is 369 g/mol. The van der Waals surface area contributed by atoms with Crippen molar-refractivity contribution in [3.05, 3.63) is 46.8 Å². The smallest absolute Gasteiger partial charge is 0.340 e. The minimum atomic E-state index is -0.451. The second kappa shape index (κ2) is 7.65. The standard InChI is InChI=1S/C20H23N3O4/c1-4-27-20(26)16-11(2)17(21-12(16)3)19(25)23-15-7-5-6-14(10-15)22-18(24)13-8-9-13/h5-7,10,13,21H,4,8-9H2,1-3H3,(H,22,24)(H,23,25). The van der Waals surface area contributed by atoms with E-state index in [-0.39, 0.29) is 24.3 Å². The molecule has 0 aliphatic heterocycles. The molecule has 0 radical (unpaired) electrons. The largest absolute Gasteiger partial charge is 0.462 e. The maximum absolute atomic E-state index is 12.7. The van der Waals surface area contributed by atoms with E-state index in [1.807, 2.05) is 0 Å².